The fourth-order valence-corrected chi connectivity index (χ4v) is 10.2. The zero-order valence-electron chi connectivity index (χ0n) is 30.5. The Bertz CT molecular complexity index is 3010. The first-order chi connectivity index (χ1) is 27.0. The monoisotopic (exact) mass is 705 g/mol. The van der Waals surface area contributed by atoms with Crippen LogP contribution in [0.3, 0.4) is 0 Å². The summed E-state index contributed by atoms with van der Waals surface area (Å²) in [7, 11) is 0. The van der Waals surface area contributed by atoms with Crippen LogP contribution in [0.4, 0.5) is 17.1 Å². The van der Waals surface area contributed by atoms with E-state index in [0.717, 1.165) is 61.6 Å². The predicted octanol–water partition coefficient (Wildman–Crippen LogP) is 13.8. The lowest BCUT2D eigenvalue weighted by Crippen LogP contribution is -2.32. The Kier molecular flexibility index (Phi) is 6.05. The number of fused-ring (bicyclic) bond motifs is 16. The van der Waals surface area contributed by atoms with Crippen LogP contribution in [0.2, 0.25) is 0 Å². The fraction of sp³-hybridized carbons (Fsp3) is 0.0769. The van der Waals surface area contributed by atoms with Gasteiger partial charge in [0.1, 0.15) is 22.7 Å². The van der Waals surface area contributed by atoms with E-state index in [9.17, 15) is 0 Å². The van der Waals surface area contributed by atoms with Crippen molar-refractivity contribution in [1.82, 2.24) is 0 Å². The van der Waals surface area contributed by atoms with Crippen molar-refractivity contribution >= 4 is 39.0 Å². The molecule has 1 spiro atoms. The van der Waals surface area contributed by atoms with Crippen LogP contribution in [0.1, 0.15) is 47.2 Å². The number of benzene rings is 8. The quantitative estimate of drug-likeness (QED) is 0.183. The first kappa shape index (κ1) is 30.6. The highest BCUT2D eigenvalue weighted by molar-refractivity contribution is 6.16. The number of anilines is 3. The van der Waals surface area contributed by atoms with Crippen molar-refractivity contribution in [2.45, 2.75) is 24.7 Å². The van der Waals surface area contributed by atoms with Gasteiger partial charge in [0, 0.05) is 44.4 Å². The number of nitrogens with zero attached hydrogens (tertiary/aromatic N) is 1. The predicted molar refractivity (Wildman–Crippen MR) is 223 cm³/mol. The molecule has 55 heavy (non-hydrogen) atoms. The average Bonchev–Trinajstić information content (AvgIpc) is 3.82. The van der Waals surface area contributed by atoms with Crippen LogP contribution >= 0.6 is 0 Å². The Hall–Kier alpha value is -6.84. The molecule has 0 bridgehead atoms. The molecule has 0 atom stereocenters. The normalized spacial score (nSPS) is 14.8. The van der Waals surface area contributed by atoms with E-state index in [2.05, 4.69) is 195 Å². The van der Waals surface area contributed by atoms with Crippen LogP contribution in [-0.4, -0.2) is 0 Å². The van der Waals surface area contributed by atoms with E-state index in [0.29, 0.717) is 0 Å². The Morgan fingerprint density at radius 1 is 0.418 bits per heavy atom. The molecule has 3 heteroatoms. The minimum Gasteiger partial charge on any atom is -0.457 e. The topological polar surface area (TPSA) is 25.6 Å². The second kappa shape index (κ2) is 10.9. The highest BCUT2D eigenvalue weighted by atomic mass is 16.5. The molecule has 3 nitrogen and oxygen atoms in total. The Morgan fingerprint density at radius 2 is 1.00 bits per heavy atom. The van der Waals surface area contributed by atoms with E-state index in [1.54, 1.807) is 0 Å². The molecule has 2 heterocycles. The van der Waals surface area contributed by atoms with Crippen LogP contribution in [0, 0.1) is 0 Å². The lowest BCUT2D eigenvalue weighted by Gasteiger charge is -2.39. The van der Waals surface area contributed by atoms with E-state index in [1.165, 1.54) is 44.5 Å². The van der Waals surface area contributed by atoms with Crippen LogP contribution in [0.25, 0.3) is 44.2 Å². The van der Waals surface area contributed by atoms with Crippen molar-refractivity contribution in [1.29, 1.82) is 0 Å². The van der Waals surface area contributed by atoms with Gasteiger partial charge in [-0.15, -0.1) is 0 Å². The SMILES string of the molecule is CC1(C)c2ccccc2-c2ccc(N(c3ccccc3)c3ccc4oc5ccc6c(c5c4c3)-c3ccccc3C63c4ccccc4Oc4ccccc43)cc21. The van der Waals surface area contributed by atoms with E-state index in [4.69, 9.17) is 9.15 Å². The molecule has 260 valence electrons. The highest BCUT2D eigenvalue weighted by Crippen LogP contribution is 2.63. The summed E-state index contributed by atoms with van der Waals surface area (Å²) < 4.78 is 13.3. The number of ether oxygens (including phenoxy) is 1. The molecule has 1 aromatic heterocycles. The second-order valence-electron chi connectivity index (χ2n) is 15.6. The van der Waals surface area contributed by atoms with Gasteiger partial charge in [-0.25, -0.2) is 0 Å². The zero-order valence-corrected chi connectivity index (χ0v) is 30.5. The molecular formula is C52H35NO2. The smallest absolute Gasteiger partial charge is 0.136 e. The van der Waals surface area contributed by atoms with Gasteiger partial charge in [0.15, 0.2) is 0 Å². The molecule has 0 saturated carbocycles. The zero-order chi connectivity index (χ0) is 36.5. The van der Waals surface area contributed by atoms with Crippen molar-refractivity contribution in [3.05, 3.63) is 209 Å². The molecule has 0 N–H and O–H groups in total. The summed E-state index contributed by atoms with van der Waals surface area (Å²) in [4.78, 5) is 2.39. The summed E-state index contributed by atoms with van der Waals surface area (Å²) in [6.45, 7) is 4.69. The average molecular weight is 706 g/mol. The van der Waals surface area contributed by atoms with Gasteiger partial charge in [-0.3, -0.25) is 0 Å². The maximum absolute atomic E-state index is 6.73. The first-order valence-electron chi connectivity index (χ1n) is 19.1. The van der Waals surface area contributed by atoms with Gasteiger partial charge in [0.25, 0.3) is 0 Å². The van der Waals surface area contributed by atoms with Crippen LogP contribution in [0.15, 0.2) is 180 Å². The maximum atomic E-state index is 6.73. The van der Waals surface area contributed by atoms with Gasteiger partial charge in [0.2, 0.25) is 0 Å². The van der Waals surface area contributed by atoms with E-state index in [1.807, 2.05) is 0 Å². The van der Waals surface area contributed by atoms with Gasteiger partial charge in [-0.1, -0.05) is 129 Å². The van der Waals surface area contributed by atoms with Gasteiger partial charge in [0.05, 0.1) is 5.41 Å². The lowest BCUT2D eigenvalue weighted by atomic mass is 9.66. The molecule has 0 radical (unpaired) electrons. The van der Waals surface area contributed by atoms with Crippen molar-refractivity contribution in [2.75, 3.05) is 4.90 Å². The van der Waals surface area contributed by atoms with E-state index < -0.39 is 5.41 Å². The van der Waals surface area contributed by atoms with Gasteiger partial charge < -0.3 is 14.1 Å². The summed E-state index contributed by atoms with van der Waals surface area (Å²) in [6, 6.07) is 63.7. The Balaban J connectivity index is 1.12. The molecule has 0 unspecified atom stereocenters. The summed E-state index contributed by atoms with van der Waals surface area (Å²) in [5, 5.41) is 2.23. The maximum Gasteiger partial charge on any atom is 0.136 e. The number of rotatable bonds is 3. The van der Waals surface area contributed by atoms with Crippen LogP contribution < -0.4 is 9.64 Å². The lowest BCUT2D eigenvalue weighted by molar-refractivity contribution is 0.436. The summed E-state index contributed by atoms with van der Waals surface area (Å²) in [5.74, 6) is 1.78. The molecule has 0 amide bonds. The third-order valence-electron chi connectivity index (χ3n) is 12.5. The van der Waals surface area contributed by atoms with E-state index >= 15 is 0 Å². The molecule has 2 aliphatic carbocycles. The van der Waals surface area contributed by atoms with Gasteiger partial charge in [-0.05, 0) is 105 Å². The van der Waals surface area contributed by atoms with Crippen LogP contribution in [0.5, 0.6) is 11.5 Å². The number of hydrogen-bond donors (Lipinski definition) is 0. The van der Waals surface area contributed by atoms with Gasteiger partial charge in [-0.2, -0.15) is 0 Å². The van der Waals surface area contributed by atoms with Crippen molar-refractivity contribution < 1.29 is 9.15 Å². The standard InChI is InChI=1S/C52H35NO2/c1-51(2)39-18-8-6-16-35(39)36-26-24-34(31-44(36)51)53(32-14-4-3-5-15-32)33-25-28-45-38(30-33)50-48(54-45)29-27-43-49(50)37-17-7-9-19-40(37)52(43)41-20-10-12-22-46(41)55-47-23-13-11-21-42(47)52/h3-31H,1-2H3. The fourth-order valence-electron chi connectivity index (χ4n) is 10.2. The summed E-state index contributed by atoms with van der Waals surface area (Å²) in [5.41, 5.74) is 17.0. The van der Waals surface area contributed by atoms with Crippen molar-refractivity contribution in [2.24, 2.45) is 0 Å². The molecule has 9 aromatic rings. The van der Waals surface area contributed by atoms with Crippen molar-refractivity contribution in [3.8, 4) is 33.8 Å². The molecule has 3 aliphatic rings. The molecule has 8 aromatic carbocycles. The molecular weight excluding hydrogens is 671 g/mol. The van der Waals surface area contributed by atoms with E-state index in [-0.39, 0.29) is 5.41 Å². The summed E-state index contributed by atoms with van der Waals surface area (Å²) >= 11 is 0. The Morgan fingerprint density at radius 3 is 1.76 bits per heavy atom. The number of hydrogen-bond acceptors (Lipinski definition) is 3. The minimum atomic E-state index is -0.544. The van der Waals surface area contributed by atoms with Gasteiger partial charge >= 0.3 is 0 Å². The Labute approximate surface area is 319 Å². The molecule has 0 saturated heterocycles. The first-order valence-corrected chi connectivity index (χ1v) is 19.1. The third kappa shape index (κ3) is 3.94. The molecule has 1 aliphatic heterocycles. The highest BCUT2D eigenvalue weighted by Gasteiger charge is 2.51. The largest absolute Gasteiger partial charge is 0.457 e. The molecule has 0 fully saturated rings. The third-order valence-corrected chi connectivity index (χ3v) is 12.5. The second-order valence-corrected chi connectivity index (χ2v) is 15.6. The number of furan rings is 1. The summed E-state index contributed by atoms with van der Waals surface area (Å²) in [6.07, 6.45) is 0. The van der Waals surface area contributed by atoms with Crippen molar-refractivity contribution in [3.63, 3.8) is 0 Å². The number of para-hydroxylation sites is 3. The molecule has 12 rings (SSSR count). The minimum absolute atomic E-state index is 0.111. The van der Waals surface area contributed by atoms with Crippen LogP contribution in [-0.2, 0) is 10.8 Å².